The van der Waals surface area contributed by atoms with Crippen LogP contribution >= 0.6 is 11.6 Å². The standard InChI is InChI=1S/C17H18ClFN2O/c1-12-6-7-15(19)9-16(12)20-17(22)11-21(2)10-13-4-3-5-14(18)8-13/h3-9H,10-11H2,1-2H3,(H,20,22). The van der Waals surface area contributed by atoms with Gasteiger partial charge < -0.3 is 5.32 Å². The maximum atomic E-state index is 13.2. The van der Waals surface area contributed by atoms with Crippen LogP contribution in [-0.4, -0.2) is 24.4 Å². The van der Waals surface area contributed by atoms with Crippen molar-refractivity contribution < 1.29 is 9.18 Å². The number of benzene rings is 2. The van der Waals surface area contributed by atoms with Crippen molar-refractivity contribution in [3.8, 4) is 0 Å². The average molecular weight is 321 g/mol. The summed E-state index contributed by atoms with van der Waals surface area (Å²) < 4.78 is 13.2. The number of likely N-dealkylation sites (N-methyl/N-ethyl adjacent to an activating group) is 1. The molecule has 0 aliphatic rings. The lowest BCUT2D eigenvalue weighted by Gasteiger charge is -2.17. The molecule has 0 atom stereocenters. The van der Waals surface area contributed by atoms with Gasteiger partial charge in [0.1, 0.15) is 5.82 Å². The zero-order valence-corrected chi connectivity index (χ0v) is 13.3. The molecular formula is C17H18ClFN2O. The predicted molar refractivity (Wildman–Crippen MR) is 87.6 cm³/mol. The van der Waals surface area contributed by atoms with Crippen LogP contribution in [0, 0.1) is 12.7 Å². The van der Waals surface area contributed by atoms with E-state index in [0.29, 0.717) is 17.3 Å². The summed E-state index contributed by atoms with van der Waals surface area (Å²) in [5.41, 5.74) is 2.36. The molecule has 2 rings (SSSR count). The lowest BCUT2D eigenvalue weighted by molar-refractivity contribution is -0.117. The first-order valence-electron chi connectivity index (χ1n) is 6.93. The van der Waals surface area contributed by atoms with Gasteiger partial charge in [0.25, 0.3) is 0 Å². The van der Waals surface area contributed by atoms with Crippen LogP contribution in [0.4, 0.5) is 10.1 Å². The summed E-state index contributed by atoms with van der Waals surface area (Å²) in [6.45, 7) is 2.64. The van der Waals surface area contributed by atoms with E-state index in [1.54, 1.807) is 6.07 Å². The van der Waals surface area contributed by atoms with Crippen molar-refractivity contribution in [2.45, 2.75) is 13.5 Å². The largest absolute Gasteiger partial charge is 0.325 e. The van der Waals surface area contributed by atoms with Gasteiger partial charge >= 0.3 is 0 Å². The highest BCUT2D eigenvalue weighted by Gasteiger charge is 2.09. The highest BCUT2D eigenvalue weighted by molar-refractivity contribution is 6.30. The number of aryl methyl sites for hydroxylation is 1. The SMILES string of the molecule is Cc1ccc(F)cc1NC(=O)CN(C)Cc1cccc(Cl)c1. The molecule has 2 aromatic rings. The Hall–Kier alpha value is -1.91. The number of carbonyl (C=O) groups excluding carboxylic acids is 1. The van der Waals surface area contributed by atoms with Gasteiger partial charge in [0, 0.05) is 17.3 Å². The van der Waals surface area contributed by atoms with E-state index in [2.05, 4.69) is 5.32 Å². The maximum absolute atomic E-state index is 13.2. The van der Waals surface area contributed by atoms with Gasteiger partial charge in [-0.3, -0.25) is 9.69 Å². The lowest BCUT2D eigenvalue weighted by atomic mass is 10.2. The van der Waals surface area contributed by atoms with Crippen molar-refractivity contribution in [2.75, 3.05) is 18.9 Å². The molecule has 116 valence electrons. The number of rotatable bonds is 5. The topological polar surface area (TPSA) is 32.3 Å². The molecule has 1 N–H and O–H groups in total. The molecule has 0 aromatic heterocycles. The third kappa shape index (κ3) is 4.83. The van der Waals surface area contributed by atoms with Crippen molar-refractivity contribution in [3.63, 3.8) is 0 Å². The number of hydrogen-bond acceptors (Lipinski definition) is 2. The normalized spacial score (nSPS) is 10.8. The second-order valence-electron chi connectivity index (χ2n) is 5.31. The summed E-state index contributed by atoms with van der Waals surface area (Å²) >= 11 is 5.94. The Balaban J connectivity index is 1.92. The van der Waals surface area contributed by atoms with Gasteiger partial charge in [-0.15, -0.1) is 0 Å². The van der Waals surface area contributed by atoms with Crippen LogP contribution in [0.1, 0.15) is 11.1 Å². The molecule has 0 saturated carbocycles. The fourth-order valence-electron chi connectivity index (χ4n) is 2.17. The third-order valence-electron chi connectivity index (χ3n) is 3.23. The first-order chi connectivity index (χ1) is 10.4. The van der Waals surface area contributed by atoms with E-state index < -0.39 is 0 Å². The van der Waals surface area contributed by atoms with E-state index in [4.69, 9.17) is 11.6 Å². The first kappa shape index (κ1) is 16.5. The monoisotopic (exact) mass is 320 g/mol. The Morgan fingerprint density at radius 1 is 1.27 bits per heavy atom. The number of nitrogens with zero attached hydrogens (tertiary/aromatic N) is 1. The fourth-order valence-corrected chi connectivity index (χ4v) is 2.38. The Morgan fingerprint density at radius 2 is 2.05 bits per heavy atom. The minimum Gasteiger partial charge on any atom is -0.325 e. The molecule has 0 aliphatic heterocycles. The number of hydrogen-bond donors (Lipinski definition) is 1. The molecular weight excluding hydrogens is 303 g/mol. The van der Waals surface area contributed by atoms with Crippen LogP contribution in [-0.2, 0) is 11.3 Å². The summed E-state index contributed by atoms with van der Waals surface area (Å²) in [5, 5.41) is 3.40. The lowest BCUT2D eigenvalue weighted by Crippen LogP contribution is -2.30. The van der Waals surface area contributed by atoms with Gasteiger partial charge in [0.05, 0.1) is 6.54 Å². The van der Waals surface area contributed by atoms with E-state index >= 15 is 0 Å². The number of amides is 1. The molecule has 0 radical (unpaired) electrons. The van der Waals surface area contributed by atoms with Crippen LogP contribution in [0.3, 0.4) is 0 Å². The summed E-state index contributed by atoms with van der Waals surface area (Å²) in [6, 6.07) is 11.8. The summed E-state index contributed by atoms with van der Waals surface area (Å²) in [4.78, 5) is 13.9. The molecule has 0 bridgehead atoms. The second kappa shape index (κ2) is 7.38. The highest BCUT2D eigenvalue weighted by Crippen LogP contribution is 2.16. The van der Waals surface area contributed by atoms with E-state index in [1.807, 2.05) is 43.1 Å². The van der Waals surface area contributed by atoms with Crippen molar-refractivity contribution in [2.24, 2.45) is 0 Å². The Kier molecular flexibility index (Phi) is 5.52. The number of carbonyl (C=O) groups is 1. The minimum absolute atomic E-state index is 0.182. The van der Waals surface area contributed by atoms with E-state index in [0.717, 1.165) is 11.1 Å². The second-order valence-corrected chi connectivity index (χ2v) is 5.75. The van der Waals surface area contributed by atoms with Gasteiger partial charge in [0.2, 0.25) is 5.91 Å². The zero-order valence-electron chi connectivity index (χ0n) is 12.6. The summed E-state index contributed by atoms with van der Waals surface area (Å²) in [5.74, 6) is -0.550. The number of halogens is 2. The highest BCUT2D eigenvalue weighted by atomic mass is 35.5. The van der Waals surface area contributed by atoms with Crippen LogP contribution in [0.2, 0.25) is 5.02 Å². The maximum Gasteiger partial charge on any atom is 0.238 e. The van der Waals surface area contributed by atoms with Crippen LogP contribution in [0.25, 0.3) is 0 Å². The summed E-state index contributed by atoms with van der Waals surface area (Å²) in [6.07, 6.45) is 0. The Bertz CT molecular complexity index is 675. The smallest absolute Gasteiger partial charge is 0.238 e. The van der Waals surface area contributed by atoms with Gasteiger partial charge in [-0.25, -0.2) is 4.39 Å². The average Bonchev–Trinajstić information content (AvgIpc) is 2.42. The molecule has 1 amide bonds. The van der Waals surface area contributed by atoms with Gasteiger partial charge in [-0.2, -0.15) is 0 Å². The first-order valence-corrected chi connectivity index (χ1v) is 7.31. The van der Waals surface area contributed by atoms with Crippen LogP contribution in [0.15, 0.2) is 42.5 Å². The fraction of sp³-hybridized carbons (Fsp3) is 0.235. The Labute approximate surface area is 134 Å². The molecule has 5 heteroatoms. The molecule has 22 heavy (non-hydrogen) atoms. The van der Waals surface area contributed by atoms with Crippen molar-refractivity contribution >= 4 is 23.2 Å². The van der Waals surface area contributed by atoms with E-state index in [9.17, 15) is 9.18 Å². The van der Waals surface area contributed by atoms with Gasteiger partial charge in [-0.05, 0) is 49.4 Å². The van der Waals surface area contributed by atoms with Crippen molar-refractivity contribution in [1.82, 2.24) is 4.90 Å². The van der Waals surface area contributed by atoms with E-state index in [1.165, 1.54) is 12.1 Å². The minimum atomic E-state index is -0.367. The van der Waals surface area contributed by atoms with Crippen LogP contribution < -0.4 is 5.32 Å². The number of nitrogens with one attached hydrogen (secondary N) is 1. The van der Waals surface area contributed by atoms with Gasteiger partial charge in [-0.1, -0.05) is 29.8 Å². The molecule has 3 nitrogen and oxygen atoms in total. The molecule has 0 unspecified atom stereocenters. The van der Waals surface area contributed by atoms with Crippen molar-refractivity contribution in [3.05, 3.63) is 64.4 Å². The molecule has 0 spiro atoms. The van der Waals surface area contributed by atoms with Gasteiger partial charge in [0.15, 0.2) is 0 Å². The number of anilines is 1. The van der Waals surface area contributed by atoms with E-state index in [-0.39, 0.29) is 18.3 Å². The van der Waals surface area contributed by atoms with Crippen molar-refractivity contribution in [1.29, 1.82) is 0 Å². The Morgan fingerprint density at radius 3 is 2.77 bits per heavy atom. The summed E-state index contributed by atoms with van der Waals surface area (Å²) in [7, 11) is 1.85. The molecule has 0 saturated heterocycles. The molecule has 0 heterocycles. The zero-order chi connectivity index (χ0) is 16.1. The van der Waals surface area contributed by atoms with Crippen LogP contribution in [0.5, 0.6) is 0 Å². The third-order valence-corrected chi connectivity index (χ3v) is 3.46. The molecule has 0 fully saturated rings. The molecule has 2 aromatic carbocycles. The quantitative estimate of drug-likeness (QED) is 0.907. The molecule has 0 aliphatic carbocycles. The predicted octanol–water partition coefficient (Wildman–Crippen LogP) is 3.86.